The van der Waals surface area contributed by atoms with Gasteiger partial charge in [-0.05, 0) is 42.1 Å². The highest BCUT2D eigenvalue weighted by molar-refractivity contribution is 7.98. The third kappa shape index (κ3) is 3.38. The van der Waals surface area contributed by atoms with Crippen LogP contribution in [0.25, 0.3) is 0 Å². The highest BCUT2D eigenvalue weighted by Crippen LogP contribution is 2.25. The molecule has 0 aliphatic heterocycles. The molecule has 0 fully saturated rings. The van der Waals surface area contributed by atoms with E-state index < -0.39 is 0 Å². The van der Waals surface area contributed by atoms with Crippen molar-refractivity contribution in [2.24, 2.45) is 5.73 Å². The standard InChI is InChI=1S/C16H20N2S/c1-18-11-13-5-3-4-6-15(13)16(17)12-7-9-14(19-2)10-8-12/h3-10,16,18H,11,17H2,1-2H3. The molecule has 1 unspecified atom stereocenters. The van der Waals surface area contributed by atoms with Gasteiger partial charge in [-0.3, -0.25) is 0 Å². The summed E-state index contributed by atoms with van der Waals surface area (Å²) in [5.74, 6) is 0. The maximum Gasteiger partial charge on any atom is 0.0554 e. The minimum atomic E-state index is -0.0690. The summed E-state index contributed by atoms with van der Waals surface area (Å²) in [7, 11) is 1.95. The van der Waals surface area contributed by atoms with Gasteiger partial charge in [-0.15, -0.1) is 11.8 Å². The van der Waals surface area contributed by atoms with E-state index in [2.05, 4.69) is 54.0 Å². The van der Waals surface area contributed by atoms with E-state index >= 15 is 0 Å². The molecule has 0 saturated carbocycles. The molecule has 0 aromatic heterocycles. The molecule has 19 heavy (non-hydrogen) atoms. The van der Waals surface area contributed by atoms with E-state index in [4.69, 9.17) is 5.73 Å². The van der Waals surface area contributed by atoms with Crippen molar-refractivity contribution in [3.8, 4) is 0 Å². The van der Waals surface area contributed by atoms with E-state index in [1.165, 1.54) is 16.0 Å². The van der Waals surface area contributed by atoms with Crippen LogP contribution in [0.15, 0.2) is 53.4 Å². The van der Waals surface area contributed by atoms with Crippen molar-refractivity contribution in [3.05, 3.63) is 65.2 Å². The minimum absolute atomic E-state index is 0.0690. The monoisotopic (exact) mass is 272 g/mol. The normalized spacial score (nSPS) is 12.4. The molecule has 0 aliphatic rings. The van der Waals surface area contributed by atoms with Crippen LogP contribution in [0.3, 0.4) is 0 Å². The second-order valence-electron chi connectivity index (χ2n) is 4.48. The summed E-state index contributed by atoms with van der Waals surface area (Å²) in [5.41, 5.74) is 10.0. The van der Waals surface area contributed by atoms with Gasteiger partial charge in [0.15, 0.2) is 0 Å². The summed E-state index contributed by atoms with van der Waals surface area (Å²) in [4.78, 5) is 1.26. The summed E-state index contributed by atoms with van der Waals surface area (Å²) in [6.45, 7) is 0.840. The second kappa shape index (κ2) is 6.75. The molecular weight excluding hydrogens is 252 g/mol. The van der Waals surface area contributed by atoms with Crippen LogP contribution in [0.1, 0.15) is 22.7 Å². The van der Waals surface area contributed by atoms with Crippen LogP contribution in [0, 0.1) is 0 Å². The summed E-state index contributed by atoms with van der Waals surface area (Å²) in [6, 6.07) is 16.8. The number of hydrogen-bond donors (Lipinski definition) is 2. The summed E-state index contributed by atoms with van der Waals surface area (Å²) < 4.78 is 0. The van der Waals surface area contributed by atoms with Crippen molar-refractivity contribution in [3.63, 3.8) is 0 Å². The Kier molecular flexibility index (Phi) is 5.02. The summed E-state index contributed by atoms with van der Waals surface area (Å²) >= 11 is 1.75. The van der Waals surface area contributed by atoms with Crippen molar-refractivity contribution < 1.29 is 0 Å². The molecule has 2 nitrogen and oxygen atoms in total. The Morgan fingerprint density at radius 2 is 1.79 bits per heavy atom. The van der Waals surface area contributed by atoms with Crippen LogP contribution >= 0.6 is 11.8 Å². The van der Waals surface area contributed by atoms with Gasteiger partial charge < -0.3 is 11.1 Å². The van der Waals surface area contributed by atoms with Crippen LogP contribution in [-0.2, 0) is 6.54 Å². The first-order chi connectivity index (χ1) is 9.26. The molecule has 2 aromatic rings. The van der Waals surface area contributed by atoms with E-state index in [0.29, 0.717) is 0 Å². The molecule has 0 spiro atoms. The molecule has 3 heteroatoms. The number of thioether (sulfide) groups is 1. The zero-order valence-electron chi connectivity index (χ0n) is 11.4. The molecule has 1 atom stereocenters. The molecule has 3 N–H and O–H groups in total. The Morgan fingerprint density at radius 3 is 2.42 bits per heavy atom. The molecule has 2 rings (SSSR count). The Balaban J connectivity index is 2.29. The molecule has 0 radical (unpaired) electrons. The number of benzene rings is 2. The molecule has 2 aromatic carbocycles. The highest BCUT2D eigenvalue weighted by atomic mass is 32.2. The van der Waals surface area contributed by atoms with Crippen molar-refractivity contribution in [1.82, 2.24) is 5.32 Å². The lowest BCUT2D eigenvalue weighted by Gasteiger charge is -2.17. The van der Waals surface area contributed by atoms with Crippen molar-refractivity contribution in [2.75, 3.05) is 13.3 Å². The van der Waals surface area contributed by atoms with Crippen molar-refractivity contribution in [2.45, 2.75) is 17.5 Å². The van der Waals surface area contributed by atoms with Gasteiger partial charge in [-0.2, -0.15) is 0 Å². The quantitative estimate of drug-likeness (QED) is 0.821. The van der Waals surface area contributed by atoms with Gasteiger partial charge in [0.2, 0.25) is 0 Å². The van der Waals surface area contributed by atoms with E-state index in [1.54, 1.807) is 11.8 Å². The predicted octanol–water partition coefficient (Wildman–Crippen LogP) is 3.18. The van der Waals surface area contributed by atoms with E-state index in [1.807, 2.05) is 13.1 Å². The van der Waals surface area contributed by atoms with E-state index in [-0.39, 0.29) is 6.04 Å². The lowest BCUT2D eigenvalue weighted by Crippen LogP contribution is -2.16. The van der Waals surface area contributed by atoms with Crippen LogP contribution < -0.4 is 11.1 Å². The van der Waals surface area contributed by atoms with Gasteiger partial charge in [-0.25, -0.2) is 0 Å². The first-order valence-corrected chi connectivity index (χ1v) is 7.60. The fraction of sp³-hybridized carbons (Fsp3) is 0.250. The maximum atomic E-state index is 6.40. The van der Waals surface area contributed by atoms with Gasteiger partial charge >= 0.3 is 0 Å². The largest absolute Gasteiger partial charge is 0.320 e. The van der Waals surface area contributed by atoms with Gasteiger partial charge in [0.25, 0.3) is 0 Å². The lowest BCUT2D eigenvalue weighted by molar-refractivity contribution is 0.778. The Hall–Kier alpha value is -1.29. The SMILES string of the molecule is CNCc1ccccc1C(N)c1ccc(SC)cc1. The average Bonchev–Trinajstić information content (AvgIpc) is 2.47. The maximum absolute atomic E-state index is 6.40. The van der Waals surface area contributed by atoms with Gasteiger partial charge in [-0.1, -0.05) is 36.4 Å². The number of nitrogens with one attached hydrogen (secondary N) is 1. The Bertz CT molecular complexity index is 523. The van der Waals surface area contributed by atoms with Crippen molar-refractivity contribution in [1.29, 1.82) is 0 Å². The number of rotatable bonds is 5. The fourth-order valence-corrected chi connectivity index (χ4v) is 2.59. The van der Waals surface area contributed by atoms with Crippen LogP contribution in [0.2, 0.25) is 0 Å². The average molecular weight is 272 g/mol. The Labute approximate surface area is 119 Å². The Morgan fingerprint density at radius 1 is 1.11 bits per heavy atom. The number of nitrogens with two attached hydrogens (primary N) is 1. The highest BCUT2D eigenvalue weighted by Gasteiger charge is 2.12. The molecular formula is C16H20N2S. The lowest BCUT2D eigenvalue weighted by atomic mass is 9.95. The van der Waals surface area contributed by atoms with Gasteiger partial charge in [0.1, 0.15) is 0 Å². The van der Waals surface area contributed by atoms with E-state index in [0.717, 1.165) is 12.1 Å². The smallest absolute Gasteiger partial charge is 0.0554 e. The molecule has 0 saturated heterocycles. The minimum Gasteiger partial charge on any atom is -0.320 e. The summed E-state index contributed by atoms with van der Waals surface area (Å²) in [5, 5.41) is 3.19. The fourth-order valence-electron chi connectivity index (χ4n) is 2.18. The van der Waals surface area contributed by atoms with Gasteiger partial charge in [0, 0.05) is 11.4 Å². The topological polar surface area (TPSA) is 38.0 Å². The molecule has 0 amide bonds. The zero-order valence-corrected chi connectivity index (χ0v) is 12.2. The van der Waals surface area contributed by atoms with Crippen molar-refractivity contribution >= 4 is 11.8 Å². The van der Waals surface area contributed by atoms with E-state index in [9.17, 15) is 0 Å². The zero-order chi connectivity index (χ0) is 13.7. The first-order valence-electron chi connectivity index (χ1n) is 6.38. The second-order valence-corrected chi connectivity index (χ2v) is 5.36. The van der Waals surface area contributed by atoms with Crippen LogP contribution in [0.4, 0.5) is 0 Å². The first kappa shape index (κ1) is 14.1. The molecule has 0 heterocycles. The summed E-state index contributed by atoms with van der Waals surface area (Å²) in [6.07, 6.45) is 2.08. The number of hydrogen-bond acceptors (Lipinski definition) is 3. The van der Waals surface area contributed by atoms with Crippen LogP contribution in [0.5, 0.6) is 0 Å². The van der Waals surface area contributed by atoms with Crippen LogP contribution in [-0.4, -0.2) is 13.3 Å². The molecule has 100 valence electrons. The van der Waals surface area contributed by atoms with Gasteiger partial charge in [0.05, 0.1) is 6.04 Å². The molecule has 0 aliphatic carbocycles. The predicted molar refractivity (Wildman–Crippen MR) is 83.5 cm³/mol. The third-order valence-electron chi connectivity index (χ3n) is 3.23. The molecule has 0 bridgehead atoms. The third-order valence-corrected chi connectivity index (χ3v) is 3.98.